The van der Waals surface area contributed by atoms with Gasteiger partial charge in [-0.2, -0.15) is 0 Å². The first-order valence-corrected chi connectivity index (χ1v) is 7.99. The Balaban J connectivity index is 2.26. The van der Waals surface area contributed by atoms with Crippen LogP contribution in [0.15, 0.2) is 60.7 Å². The number of non-ortho nitro benzene ring substituents is 2. The number of nitrogens with zero attached hydrogens (tertiary/aromatic N) is 2. The molecule has 26 heavy (non-hydrogen) atoms. The van der Waals surface area contributed by atoms with E-state index in [1.165, 1.54) is 12.1 Å². The molecule has 0 saturated carbocycles. The molecule has 0 N–H and O–H groups in total. The van der Waals surface area contributed by atoms with Crippen molar-refractivity contribution in [3.63, 3.8) is 0 Å². The zero-order valence-electron chi connectivity index (χ0n) is 13.3. The maximum Gasteiger partial charge on any atom is 0.277 e. The Labute approximate surface area is 145 Å². The highest BCUT2D eigenvalue weighted by Crippen LogP contribution is 2.46. The predicted octanol–water partition coefficient (Wildman–Crippen LogP) is 5.55. The highest BCUT2D eigenvalue weighted by Gasteiger charge is 2.24. The Hall–Kier alpha value is -3.80. The van der Waals surface area contributed by atoms with Gasteiger partial charge in [-0.05, 0) is 33.7 Å². The van der Waals surface area contributed by atoms with Crippen LogP contribution in [0.3, 0.4) is 0 Å². The van der Waals surface area contributed by atoms with Crippen molar-refractivity contribution < 1.29 is 9.85 Å². The summed E-state index contributed by atoms with van der Waals surface area (Å²) in [7, 11) is 0. The van der Waals surface area contributed by atoms with Crippen LogP contribution in [0.4, 0.5) is 11.4 Å². The molecule has 0 amide bonds. The summed E-state index contributed by atoms with van der Waals surface area (Å²) in [5, 5.41) is 28.7. The van der Waals surface area contributed by atoms with E-state index >= 15 is 0 Å². The molecule has 5 aromatic rings. The van der Waals surface area contributed by atoms with E-state index in [-0.39, 0.29) is 11.4 Å². The summed E-state index contributed by atoms with van der Waals surface area (Å²) < 4.78 is 0. The van der Waals surface area contributed by atoms with Crippen LogP contribution >= 0.6 is 0 Å². The fourth-order valence-electron chi connectivity index (χ4n) is 4.00. The van der Waals surface area contributed by atoms with Crippen LogP contribution in [-0.2, 0) is 0 Å². The molecule has 0 heterocycles. The summed E-state index contributed by atoms with van der Waals surface area (Å²) in [5.41, 5.74) is 0.0178. The molecule has 124 valence electrons. The van der Waals surface area contributed by atoms with Crippen molar-refractivity contribution >= 4 is 54.5 Å². The summed E-state index contributed by atoms with van der Waals surface area (Å²) in [6.45, 7) is 0. The Bertz CT molecular complexity index is 1280. The first-order chi connectivity index (χ1) is 12.6. The summed E-state index contributed by atoms with van der Waals surface area (Å²) in [5.74, 6) is 0. The van der Waals surface area contributed by atoms with E-state index in [9.17, 15) is 20.2 Å². The fraction of sp³-hybridized carbons (Fsp3) is 0. The van der Waals surface area contributed by atoms with Gasteiger partial charge in [0.25, 0.3) is 11.4 Å². The minimum absolute atomic E-state index is 0.00889. The second-order valence-corrected chi connectivity index (χ2v) is 6.24. The molecule has 0 spiro atoms. The number of nitro benzene ring substituents is 2. The number of hydrogen-bond donors (Lipinski definition) is 0. The van der Waals surface area contributed by atoms with E-state index in [1.54, 1.807) is 24.3 Å². The zero-order chi connectivity index (χ0) is 18.0. The van der Waals surface area contributed by atoms with E-state index < -0.39 is 9.85 Å². The Morgan fingerprint density at radius 2 is 0.962 bits per heavy atom. The van der Waals surface area contributed by atoms with Crippen LogP contribution in [-0.4, -0.2) is 9.85 Å². The molecule has 5 rings (SSSR count). The molecule has 0 saturated heterocycles. The van der Waals surface area contributed by atoms with Crippen LogP contribution in [0.25, 0.3) is 43.1 Å². The third-order valence-corrected chi connectivity index (χ3v) is 4.98. The Morgan fingerprint density at radius 3 is 1.35 bits per heavy atom. The molecular weight excluding hydrogens is 332 g/mol. The quantitative estimate of drug-likeness (QED) is 0.182. The maximum absolute atomic E-state index is 11.7. The van der Waals surface area contributed by atoms with Gasteiger partial charge in [-0.3, -0.25) is 20.2 Å². The lowest BCUT2D eigenvalue weighted by Gasteiger charge is -2.14. The second kappa shape index (κ2) is 4.86. The standard InChI is InChI=1S/C20H10N2O4/c23-21(24)15-10-8-12-4-2-6-14-18(12)19(15)13-5-1-3-11-7-9-16(22(25)26)20(14)17(11)13/h1-10H. The first kappa shape index (κ1) is 14.5. The molecule has 0 bridgehead atoms. The highest BCUT2D eigenvalue weighted by atomic mass is 16.6. The normalized spacial score (nSPS) is 11.7. The minimum atomic E-state index is -0.396. The van der Waals surface area contributed by atoms with Crippen molar-refractivity contribution in [1.29, 1.82) is 0 Å². The molecule has 0 fully saturated rings. The smallest absolute Gasteiger partial charge is 0.258 e. The van der Waals surface area contributed by atoms with Gasteiger partial charge in [0.15, 0.2) is 0 Å². The molecule has 0 aliphatic heterocycles. The van der Waals surface area contributed by atoms with Crippen molar-refractivity contribution in [3.05, 3.63) is 80.9 Å². The molecule has 5 aromatic carbocycles. The van der Waals surface area contributed by atoms with Gasteiger partial charge in [0.2, 0.25) is 0 Å². The van der Waals surface area contributed by atoms with Gasteiger partial charge in [0.1, 0.15) is 0 Å². The number of fused-ring (bicyclic) bond motifs is 2. The van der Waals surface area contributed by atoms with Gasteiger partial charge in [0, 0.05) is 22.9 Å². The monoisotopic (exact) mass is 342 g/mol. The topological polar surface area (TPSA) is 86.3 Å². The first-order valence-electron chi connectivity index (χ1n) is 7.99. The molecule has 6 heteroatoms. The van der Waals surface area contributed by atoms with Gasteiger partial charge in [0.05, 0.1) is 20.6 Å². The lowest BCUT2D eigenvalue weighted by atomic mass is 9.88. The van der Waals surface area contributed by atoms with Gasteiger partial charge in [-0.25, -0.2) is 0 Å². The number of benzene rings is 5. The van der Waals surface area contributed by atoms with E-state index in [0.29, 0.717) is 32.3 Å². The van der Waals surface area contributed by atoms with Crippen molar-refractivity contribution in [3.8, 4) is 0 Å². The van der Waals surface area contributed by atoms with Crippen molar-refractivity contribution in [1.82, 2.24) is 0 Å². The van der Waals surface area contributed by atoms with Crippen LogP contribution in [0.5, 0.6) is 0 Å². The van der Waals surface area contributed by atoms with Gasteiger partial charge in [-0.1, -0.05) is 36.4 Å². The summed E-state index contributed by atoms with van der Waals surface area (Å²) in [4.78, 5) is 22.5. The van der Waals surface area contributed by atoms with Gasteiger partial charge >= 0.3 is 0 Å². The Kier molecular flexibility index (Phi) is 2.72. The molecule has 0 radical (unpaired) electrons. The van der Waals surface area contributed by atoms with Crippen LogP contribution in [0, 0.1) is 20.2 Å². The predicted molar refractivity (Wildman–Crippen MR) is 101 cm³/mol. The third-order valence-electron chi connectivity index (χ3n) is 4.98. The zero-order valence-corrected chi connectivity index (χ0v) is 13.3. The summed E-state index contributed by atoms with van der Waals surface area (Å²) in [6.07, 6.45) is 0. The molecule has 0 unspecified atom stereocenters. The third kappa shape index (κ3) is 1.70. The minimum Gasteiger partial charge on any atom is -0.258 e. The fourth-order valence-corrected chi connectivity index (χ4v) is 4.00. The van der Waals surface area contributed by atoms with E-state index in [0.717, 1.165) is 10.8 Å². The summed E-state index contributed by atoms with van der Waals surface area (Å²) >= 11 is 0. The van der Waals surface area contributed by atoms with E-state index in [1.807, 2.05) is 24.3 Å². The molecular formula is C20H10N2O4. The average Bonchev–Trinajstić information content (AvgIpc) is 2.64. The number of hydrogen-bond acceptors (Lipinski definition) is 4. The average molecular weight is 342 g/mol. The van der Waals surface area contributed by atoms with Crippen LogP contribution in [0.1, 0.15) is 0 Å². The van der Waals surface area contributed by atoms with Crippen molar-refractivity contribution in [2.24, 2.45) is 0 Å². The maximum atomic E-state index is 11.7. The molecule has 0 aliphatic carbocycles. The number of nitro groups is 2. The number of rotatable bonds is 2. The SMILES string of the molecule is O=[N+]([O-])c1ccc2cccc3c4c([N+](=O)[O-])ccc5cccc(c1c23)c54. The second-order valence-electron chi connectivity index (χ2n) is 6.24. The Morgan fingerprint density at radius 1 is 0.538 bits per heavy atom. The highest BCUT2D eigenvalue weighted by molar-refractivity contribution is 6.36. The van der Waals surface area contributed by atoms with Crippen LogP contribution in [0.2, 0.25) is 0 Å². The van der Waals surface area contributed by atoms with Crippen molar-refractivity contribution in [2.75, 3.05) is 0 Å². The molecule has 0 atom stereocenters. The van der Waals surface area contributed by atoms with E-state index in [2.05, 4.69) is 0 Å². The molecule has 0 aromatic heterocycles. The largest absolute Gasteiger partial charge is 0.277 e. The summed E-state index contributed by atoms with van der Waals surface area (Å²) in [6, 6.07) is 17.4. The molecule has 6 nitrogen and oxygen atoms in total. The van der Waals surface area contributed by atoms with Gasteiger partial charge in [-0.15, -0.1) is 0 Å². The molecule has 0 aliphatic rings. The van der Waals surface area contributed by atoms with Crippen molar-refractivity contribution in [2.45, 2.75) is 0 Å². The van der Waals surface area contributed by atoms with E-state index in [4.69, 9.17) is 0 Å². The van der Waals surface area contributed by atoms with Crippen LogP contribution < -0.4 is 0 Å². The lowest BCUT2D eigenvalue weighted by molar-refractivity contribution is -0.383. The lowest BCUT2D eigenvalue weighted by Crippen LogP contribution is -1.96. The van der Waals surface area contributed by atoms with Gasteiger partial charge < -0.3 is 0 Å².